The maximum absolute atomic E-state index is 9.53. The summed E-state index contributed by atoms with van der Waals surface area (Å²) >= 11 is 0. The summed E-state index contributed by atoms with van der Waals surface area (Å²) in [6.45, 7) is 12.3. The third-order valence-corrected chi connectivity index (χ3v) is 11.6. The Morgan fingerprint density at radius 3 is 2.07 bits per heavy atom. The molecule has 10 rings (SSSR count). The van der Waals surface area contributed by atoms with Gasteiger partial charge in [0.05, 0.1) is 34.1 Å². The minimum atomic E-state index is -2.25. The number of rotatable bonds is 8. The first kappa shape index (κ1) is 40.3. The average molecular weight is 1060 g/mol. The van der Waals surface area contributed by atoms with E-state index in [0.29, 0.717) is 33.6 Å². The Balaban J connectivity index is 0.000000244. The van der Waals surface area contributed by atoms with Crippen LogP contribution in [0.1, 0.15) is 95.1 Å². The second kappa shape index (κ2) is 19.5. The van der Waals surface area contributed by atoms with Crippen molar-refractivity contribution in [3.05, 3.63) is 192 Å². The zero-order valence-corrected chi connectivity index (χ0v) is 41.0. The number of hydrogen-bond acceptors (Lipinski definition) is 5. The SMILES string of the molecule is CC(C)c1cc(-c2ccc(-c3ccccc3)cc2)cc(C(C)C)c1-n1c(-c2[c-]ccc3c2oc2cc(C#N)ccc23)nc2ccccc21.[2H]C([2H])([2H])c1ccc(-c2ccc(C([2H])([2H])C(C)(C)C)cn2)[c-]n1.[Ir]. The van der Waals surface area contributed by atoms with Crippen molar-refractivity contribution in [2.45, 2.75) is 73.5 Å². The van der Waals surface area contributed by atoms with E-state index in [2.05, 4.69) is 145 Å². The van der Waals surface area contributed by atoms with E-state index < -0.39 is 18.6 Å². The number of fused-ring (bicyclic) bond motifs is 4. The van der Waals surface area contributed by atoms with Gasteiger partial charge in [-0.1, -0.05) is 151 Å². The smallest absolute Gasteiger partial charge is 0.122 e. The fraction of sp³-hybridized carbons (Fsp3) is 0.200. The third kappa shape index (κ3) is 9.79. The van der Waals surface area contributed by atoms with Crippen molar-refractivity contribution < 1.29 is 31.4 Å². The van der Waals surface area contributed by atoms with Crippen molar-refractivity contribution in [1.29, 1.82) is 5.26 Å². The van der Waals surface area contributed by atoms with E-state index >= 15 is 0 Å². The van der Waals surface area contributed by atoms with Crippen LogP contribution in [0.15, 0.2) is 156 Å². The summed E-state index contributed by atoms with van der Waals surface area (Å²) in [5.41, 5.74) is 14.3. The van der Waals surface area contributed by atoms with Gasteiger partial charge >= 0.3 is 0 Å². The van der Waals surface area contributed by atoms with Crippen molar-refractivity contribution in [2.24, 2.45) is 5.41 Å². The van der Waals surface area contributed by atoms with Crippen LogP contribution in [0.2, 0.25) is 0 Å². The number of aromatic nitrogens is 4. The minimum Gasteiger partial charge on any atom is -0.500 e. The molecule has 0 spiro atoms. The number of pyridine rings is 2. The molecule has 0 aliphatic rings. The van der Waals surface area contributed by atoms with Gasteiger partial charge in [0.15, 0.2) is 0 Å². The van der Waals surface area contributed by atoms with Crippen LogP contribution in [0.5, 0.6) is 0 Å². The minimum absolute atomic E-state index is 0. The van der Waals surface area contributed by atoms with E-state index in [1.165, 1.54) is 45.6 Å². The molecule has 0 amide bonds. The number of para-hydroxylation sites is 2. The first-order chi connectivity index (χ1) is 33.8. The Labute approximate surface area is 414 Å². The van der Waals surface area contributed by atoms with E-state index in [4.69, 9.17) is 16.3 Å². The molecule has 6 nitrogen and oxygen atoms in total. The number of aryl methyl sites for hydroxylation is 1. The molecule has 0 unspecified atom stereocenters. The van der Waals surface area contributed by atoms with Crippen LogP contribution in [0, 0.1) is 35.9 Å². The summed E-state index contributed by atoms with van der Waals surface area (Å²) in [6, 6.07) is 54.2. The molecule has 335 valence electrons. The molecule has 0 saturated carbocycles. The van der Waals surface area contributed by atoms with Gasteiger partial charge in [-0.15, -0.1) is 35.9 Å². The van der Waals surface area contributed by atoms with E-state index in [0.717, 1.165) is 38.9 Å². The molecule has 1 radical (unpaired) electrons. The van der Waals surface area contributed by atoms with Crippen LogP contribution >= 0.6 is 0 Å². The molecule has 0 N–H and O–H groups in total. The standard InChI is InChI=1S/C44H34N3O.C16H19N2.Ir/c1-27(2)37-24-33(32-20-18-31(19-21-32)30-11-6-5-7-12-30)25-38(28(3)4)42(37)47-40-16-9-8-15-39(40)46-44(47)36-14-10-13-35-34-22-17-29(26-45)23-41(34)48-43(35)36;1-12-5-7-14(11-17-12)15-8-6-13(10-18-15)9-16(2,3)4;/h5-13,15-25,27-28H,1-4H3;5-8,10H,9H2,1-4H3;/q2*-1;/i;1D3,9D2;. The molecule has 67 heavy (non-hydrogen) atoms. The monoisotopic (exact) mass is 1060 g/mol. The number of nitriles is 1. The van der Waals surface area contributed by atoms with Gasteiger partial charge in [-0.3, -0.25) is 4.98 Å². The van der Waals surface area contributed by atoms with E-state index in [1.54, 1.807) is 24.3 Å². The Morgan fingerprint density at radius 1 is 0.761 bits per heavy atom. The quantitative estimate of drug-likeness (QED) is 0.142. The van der Waals surface area contributed by atoms with E-state index in [9.17, 15) is 5.26 Å². The van der Waals surface area contributed by atoms with E-state index in [1.807, 2.05) is 51.1 Å². The van der Waals surface area contributed by atoms with Crippen molar-refractivity contribution in [1.82, 2.24) is 19.5 Å². The molecule has 0 bridgehead atoms. The third-order valence-electron chi connectivity index (χ3n) is 11.6. The van der Waals surface area contributed by atoms with Crippen LogP contribution in [-0.2, 0) is 26.5 Å². The molecule has 4 heterocycles. The van der Waals surface area contributed by atoms with Gasteiger partial charge in [0.1, 0.15) is 5.58 Å². The molecule has 0 aliphatic heterocycles. The maximum atomic E-state index is 9.53. The van der Waals surface area contributed by atoms with Crippen molar-refractivity contribution in [3.63, 3.8) is 0 Å². The zero-order chi connectivity index (χ0) is 50.4. The maximum Gasteiger partial charge on any atom is 0.122 e. The topological polar surface area (TPSA) is 80.5 Å². The second-order valence-electron chi connectivity index (χ2n) is 18.2. The number of hydrogen-bond donors (Lipinski definition) is 0. The van der Waals surface area contributed by atoms with Gasteiger partial charge in [0.2, 0.25) is 0 Å². The number of nitrogens with zero attached hydrogens (tertiary/aromatic N) is 5. The Morgan fingerprint density at radius 2 is 1.45 bits per heavy atom. The van der Waals surface area contributed by atoms with Crippen molar-refractivity contribution in [3.8, 4) is 56.7 Å². The van der Waals surface area contributed by atoms with Crippen LogP contribution in [0.3, 0.4) is 0 Å². The summed E-state index contributed by atoms with van der Waals surface area (Å²) in [5.74, 6) is 1.26. The molecular weight excluding hydrogens is 999 g/mol. The molecule has 0 atom stereocenters. The Kier molecular flexibility index (Phi) is 11.7. The molecule has 7 heteroatoms. The van der Waals surface area contributed by atoms with Gasteiger partial charge in [-0.25, -0.2) is 0 Å². The van der Waals surface area contributed by atoms with Crippen molar-refractivity contribution in [2.75, 3.05) is 0 Å². The fourth-order valence-electron chi connectivity index (χ4n) is 8.43. The van der Waals surface area contributed by atoms with Gasteiger partial charge in [0.25, 0.3) is 0 Å². The normalized spacial score (nSPS) is 13.0. The fourth-order valence-corrected chi connectivity index (χ4v) is 8.43. The molecule has 10 aromatic rings. The predicted molar refractivity (Wildman–Crippen MR) is 271 cm³/mol. The van der Waals surface area contributed by atoms with Crippen LogP contribution < -0.4 is 0 Å². The molecule has 0 saturated heterocycles. The molecule has 0 aliphatic carbocycles. The first-order valence-electron chi connectivity index (χ1n) is 24.8. The molecular formula is C60H53IrN5O-2. The van der Waals surface area contributed by atoms with Crippen molar-refractivity contribution >= 4 is 33.0 Å². The number of benzene rings is 6. The van der Waals surface area contributed by atoms with Crippen LogP contribution in [0.25, 0.3) is 83.6 Å². The molecule has 6 aromatic carbocycles. The van der Waals surface area contributed by atoms with Crippen LogP contribution in [0.4, 0.5) is 0 Å². The second-order valence-corrected chi connectivity index (χ2v) is 18.2. The predicted octanol–water partition coefficient (Wildman–Crippen LogP) is 15.7. The summed E-state index contributed by atoms with van der Waals surface area (Å²) in [7, 11) is 0. The summed E-state index contributed by atoms with van der Waals surface area (Å²) in [5, 5.41) is 11.5. The van der Waals surface area contributed by atoms with Gasteiger partial charge in [-0.2, -0.15) is 5.26 Å². The number of furan rings is 1. The molecule has 0 fully saturated rings. The van der Waals surface area contributed by atoms with E-state index in [-0.39, 0.29) is 37.6 Å². The summed E-state index contributed by atoms with van der Waals surface area (Å²) < 4.78 is 47.2. The summed E-state index contributed by atoms with van der Waals surface area (Å²) in [6.07, 6.45) is 2.68. The Bertz CT molecular complexity index is 3560. The van der Waals surface area contributed by atoms with Gasteiger partial charge in [-0.05, 0) is 117 Å². The Hall–Kier alpha value is -6.97. The largest absolute Gasteiger partial charge is 0.500 e. The average Bonchev–Trinajstić information content (AvgIpc) is 3.94. The van der Waals surface area contributed by atoms with Crippen LogP contribution in [-0.4, -0.2) is 19.5 Å². The number of imidazole rings is 1. The molecule has 4 aromatic heterocycles. The first-order valence-corrected chi connectivity index (χ1v) is 22.3. The van der Waals surface area contributed by atoms with Gasteiger partial charge in [0, 0.05) is 44.2 Å². The zero-order valence-electron chi connectivity index (χ0n) is 43.6. The van der Waals surface area contributed by atoms with Gasteiger partial charge < -0.3 is 19.0 Å². The summed E-state index contributed by atoms with van der Waals surface area (Å²) in [4.78, 5) is 13.4.